The Kier molecular flexibility index (Phi) is 5.37. The average Bonchev–Trinajstić information content (AvgIpc) is 2.53. The molecule has 1 amide bonds. The number of hydrogen-bond acceptors (Lipinski definition) is 3. The van der Waals surface area contributed by atoms with Crippen molar-refractivity contribution in [2.24, 2.45) is 0 Å². The summed E-state index contributed by atoms with van der Waals surface area (Å²) >= 11 is 0. The van der Waals surface area contributed by atoms with Crippen molar-refractivity contribution in [1.82, 2.24) is 10.3 Å². The normalized spacial score (nSPS) is 12.5. The van der Waals surface area contributed by atoms with Crippen LogP contribution in [0.5, 0.6) is 5.75 Å². The molecule has 4 heteroatoms. The Morgan fingerprint density at radius 3 is 2.43 bits per heavy atom. The fourth-order valence-electron chi connectivity index (χ4n) is 2.19. The molecule has 1 aromatic carbocycles. The van der Waals surface area contributed by atoms with Gasteiger partial charge in [-0.25, -0.2) is 0 Å². The smallest absolute Gasteiger partial charge is 0.258 e. The predicted molar refractivity (Wildman–Crippen MR) is 91.4 cm³/mol. The van der Waals surface area contributed by atoms with Crippen LogP contribution in [0.4, 0.5) is 0 Å². The fourth-order valence-corrected chi connectivity index (χ4v) is 2.19. The highest BCUT2D eigenvalue weighted by Crippen LogP contribution is 2.24. The monoisotopic (exact) mass is 312 g/mol. The first-order chi connectivity index (χ1) is 10.9. The van der Waals surface area contributed by atoms with E-state index in [1.54, 1.807) is 6.20 Å². The third-order valence-corrected chi connectivity index (χ3v) is 3.60. The van der Waals surface area contributed by atoms with E-state index in [1.165, 1.54) is 5.56 Å². The molecule has 1 heterocycles. The highest BCUT2D eigenvalue weighted by molar-refractivity contribution is 5.77. The number of carbonyl (C=O) groups is 1. The maximum absolute atomic E-state index is 12.0. The molecule has 1 aromatic heterocycles. The van der Waals surface area contributed by atoms with E-state index in [1.807, 2.05) is 49.4 Å². The van der Waals surface area contributed by atoms with Gasteiger partial charge < -0.3 is 10.1 Å². The van der Waals surface area contributed by atoms with Gasteiger partial charge in [-0.05, 0) is 42.2 Å². The van der Waals surface area contributed by atoms with Crippen molar-refractivity contribution in [2.75, 3.05) is 6.61 Å². The average molecular weight is 312 g/mol. The van der Waals surface area contributed by atoms with Crippen LogP contribution in [0, 0.1) is 0 Å². The summed E-state index contributed by atoms with van der Waals surface area (Å²) in [6.07, 6.45) is 1.71. The number of hydrogen-bond donors (Lipinski definition) is 1. The van der Waals surface area contributed by atoms with Crippen LogP contribution in [0.15, 0.2) is 48.7 Å². The quantitative estimate of drug-likeness (QED) is 0.917. The summed E-state index contributed by atoms with van der Waals surface area (Å²) in [5.74, 6) is 0.529. The number of ether oxygens (including phenoxy) is 1. The molecule has 0 aliphatic carbocycles. The van der Waals surface area contributed by atoms with E-state index >= 15 is 0 Å². The van der Waals surface area contributed by atoms with Gasteiger partial charge in [-0.1, -0.05) is 39.0 Å². The molecule has 0 saturated heterocycles. The van der Waals surface area contributed by atoms with Crippen LogP contribution in [0.1, 0.15) is 45.0 Å². The molecule has 0 spiro atoms. The summed E-state index contributed by atoms with van der Waals surface area (Å²) in [4.78, 5) is 16.2. The van der Waals surface area contributed by atoms with E-state index in [4.69, 9.17) is 4.74 Å². The third-order valence-electron chi connectivity index (χ3n) is 3.60. The largest absolute Gasteiger partial charge is 0.484 e. The number of benzene rings is 1. The SMILES string of the molecule is CC(NC(=O)COc1ccc(C(C)(C)C)cc1)c1ccccn1. The molecular weight excluding hydrogens is 288 g/mol. The minimum Gasteiger partial charge on any atom is -0.484 e. The van der Waals surface area contributed by atoms with E-state index < -0.39 is 0 Å². The first kappa shape index (κ1) is 17.0. The summed E-state index contributed by atoms with van der Waals surface area (Å²) in [6.45, 7) is 8.38. The Labute approximate surface area is 137 Å². The van der Waals surface area contributed by atoms with Crippen LogP contribution in [0.2, 0.25) is 0 Å². The third kappa shape index (κ3) is 5.09. The highest BCUT2D eigenvalue weighted by atomic mass is 16.5. The lowest BCUT2D eigenvalue weighted by Gasteiger charge is -2.19. The van der Waals surface area contributed by atoms with Gasteiger partial charge in [0.15, 0.2) is 6.61 Å². The minimum absolute atomic E-state index is 0.00790. The van der Waals surface area contributed by atoms with Gasteiger partial charge in [0.1, 0.15) is 5.75 Å². The second-order valence-corrected chi connectivity index (χ2v) is 6.61. The second-order valence-electron chi connectivity index (χ2n) is 6.61. The molecule has 122 valence electrons. The van der Waals surface area contributed by atoms with Crippen molar-refractivity contribution in [2.45, 2.75) is 39.2 Å². The molecule has 0 bridgehead atoms. The standard InChI is InChI=1S/C19H24N2O2/c1-14(17-7-5-6-12-20-17)21-18(22)13-23-16-10-8-15(9-11-16)19(2,3)4/h5-12,14H,13H2,1-4H3,(H,21,22). The molecule has 1 atom stereocenters. The molecule has 23 heavy (non-hydrogen) atoms. The number of nitrogens with zero attached hydrogens (tertiary/aromatic N) is 1. The number of aromatic nitrogens is 1. The van der Waals surface area contributed by atoms with Crippen LogP contribution in [-0.2, 0) is 10.2 Å². The number of pyridine rings is 1. The molecule has 0 aliphatic rings. The molecule has 0 radical (unpaired) electrons. The van der Waals surface area contributed by atoms with Gasteiger partial charge >= 0.3 is 0 Å². The van der Waals surface area contributed by atoms with Gasteiger partial charge in [-0.15, -0.1) is 0 Å². The van der Waals surface area contributed by atoms with Crippen molar-refractivity contribution in [3.63, 3.8) is 0 Å². The second kappa shape index (κ2) is 7.27. The zero-order valence-corrected chi connectivity index (χ0v) is 14.2. The Balaban J connectivity index is 1.85. The van der Waals surface area contributed by atoms with Crippen molar-refractivity contribution in [1.29, 1.82) is 0 Å². The Hall–Kier alpha value is -2.36. The fraction of sp³-hybridized carbons (Fsp3) is 0.368. The van der Waals surface area contributed by atoms with Gasteiger partial charge in [-0.2, -0.15) is 0 Å². The van der Waals surface area contributed by atoms with Gasteiger partial charge in [0.05, 0.1) is 11.7 Å². The molecule has 1 N–H and O–H groups in total. The van der Waals surface area contributed by atoms with E-state index in [0.717, 1.165) is 5.69 Å². The van der Waals surface area contributed by atoms with E-state index in [0.29, 0.717) is 5.75 Å². The number of nitrogens with one attached hydrogen (secondary N) is 1. The molecule has 0 saturated carbocycles. The number of amides is 1. The molecule has 2 rings (SSSR count). The lowest BCUT2D eigenvalue weighted by atomic mass is 9.87. The Bertz CT molecular complexity index is 631. The van der Waals surface area contributed by atoms with Gasteiger partial charge in [0, 0.05) is 6.20 Å². The minimum atomic E-state index is -0.164. The summed E-state index contributed by atoms with van der Waals surface area (Å²) in [6, 6.07) is 13.4. The molecule has 0 fully saturated rings. The maximum atomic E-state index is 12.0. The molecule has 4 nitrogen and oxygen atoms in total. The summed E-state index contributed by atoms with van der Waals surface area (Å²) in [5.41, 5.74) is 2.17. The number of carbonyl (C=O) groups excluding carboxylic acids is 1. The maximum Gasteiger partial charge on any atom is 0.258 e. The Morgan fingerprint density at radius 1 is 1.17 bits per heavy atom. The van der Waals surface area contributed by atoms with Crippen molar-refractivity contribution < 1.29 is 9.53 Å². The van der Waals surface area contributed by atoms with E-state index in [2.05, 4.69) is 31.1 Å². The molecular formula is C19H24N2O2. The zero-order valence-electron chi connectivity index (χ0n) is 14.2. The van der Waals surface area contributed by atoms with E-state index in [-0.39, 0.29) is 24.0 Å². The first-order valence-corrected chi connectivity index (χ1v) is 7.80. The van der Waals surface area contributed by atoms with Crippen molar-refractivity contribution in [3.05, 3.63) is 59.9 Å². The number of rotatable bonds is 5. The lowest BCUT2D eigenvalue weighted by Crippen LogP contribution is -2.31. The van der Waals surface area contributed by atoms with Crippen LogP contribution >= 0.6 is 0 Å². The van der Waals surface area contributed by atoms with Gasteiger partial charge in [-0.3, -0.25) is 9.78 Å². The van der Waals surface area contributed by atoms with Crippen LogP contribution < -0.4 is 10.1 Å². The zero-order chi connectivity index (χ0) is 16.9. The predicted octanol–water partition coefficient (Wildman–Crippen LogP) is 3.64. The van der Waals surface area contributed by atoms with E-state index in [9.17, 15) is 4.79 Å². The van der Waals surface area contributed by atoms with Gasteiger partial charge in [0.2, 0.25) is 0 Å². The topological polar surface area (TPSA) is 51.2 Å². The highest BCUT2D eigenvalue weighted by Gasteiger charge is 2.14. The molecule has 0 aliphatic heterocycles. The van der Waals surface area contributed by atoms with Crippen LogP contribution in [0.3, 0.4) is 0 Å². The van der Waals surface area contributed by atoms with Crippen LogP contribution in [-0.4, -0.2) is 17.5 Å². The van der Waals surface area contributed by atoms with Gasteiger partial charge in [0.25, 0.3) is 5.91 Å². The van der Waals surface area contributed by atoms with Crippen molar-refractivity contribution in [3.8, 4) is 5.75 Å². The first-order valence-electron chi connectivity index (χ1n) is 7.80. The van der Waals surface area contributed by atoms with Crippen molar-refractivity contribution >= 4 is 5.91 Å². The summed E-state index contributed by atoms with van der Waals surface area (Å²) in [7, 11) is 0. The summed E-state index contributed by atoms with van der Waals surface area (Å²) < 4.78 is 5.54. The molecule has 1 unspecified atom stereocenters. The molecule has 2 aromatic rings. The van der Waals surface area contributed by atoms with Crippen LogP contribution in [0.25, 0.3) is 0 Å². The lowest BCUT2D eigenvalue weighted by molar-refractivity contribution is -0.123. The Morgan fingerprint density at radius 2 is 1.87 bits per heavy atom. The summed E-state index contributed by atoms with van der Waals surface area (Å²) in [5, 5.41) is 2.88.